The van der Waals surface area contributed by atoms with Gasteiger partial charge in [0.25, 0.3) is 0 Å². The van der Waals surface area contributed by atoms with Crippen LogP contribution in [0.5, 0.6) is 0 Å². The predicted octanol–water partition coefficient (Wildman–Crippen LogP) is 3.51. The fourth-order valence-electron chi connectivity index (χ4n) is 3.51. The van der Waals surface area contributed by atoms with Gasteiger partial charge < -0.3 is 14.5 Å². The minimum absolute atomic E-state index is 0.298. The van der Waals surface area contributed by atoms with Crippen LogP contribution in [0.2, 0.25) is 0 Å². The molecule has 0 saturated carbocycles. The number of hydrogen-bond donors (Lipinski definition) is 0. The minimum atomic E-state index is -0.516. The highest BCUT2D eigenvalue weighted by Crippen LogP contribution is 2.27. The van der Waals surface area contributed by atoms with E-state index in [0.717, 1.165) is 27.3 Å². The lowest BCUT2D eigenvalue weighted by Gasteiger charge is -2.26. The number of amides is 1. The molecule has 0 unspecified atom stereocenters. The van der Waals surface area contributed by atoms with Crippen LogP contribution in [0.25, 0.3) is 16.6 Å². The maximum Gasteiger partial charge on any atom is 0.410 e. The molecular weight excluding hydrogens is 400 g/mol. The van der Waals surface area contributed by atoms with Gasteiger partial charge in [0, 0.05) is 56.6 Å². The molecule has 30 heavy (non-hydrogen) atoms. The smallest absolute Gasteiger partial charge is 0.410 e. The number of fused-ring (bicyclic) bond motifs is 1. The largest absolute Gasteiger partial charge is 0.444 e. The van der Waals surface area contributed by atoms with E-state index in [1.165, 1.54) is 0 Å². The van der Waals surface area contributed by atoms with E-state index in [1.807, 2.05) is 63.2 Å². The molecule has 9 heteroatoms. The van der Waals surface area contributed by atoms with E-state index in [9.17, 15) is 4.79 Å². The lowest BCUT2D eigenvalue weighted by Crippen LogP contribution is -2.39. The molecule has 3 aromatic rings. The first kappa shape index (κ1) is 20.3. The summed E-state index contributed by atoms with van der Waals surface area (Å²) in [6.07, 6.45) is 7.94. The molecule has 1 aliphatic rings. The maximum absolute atomic E-state index is 12.5. The Morgan fingerprint density at radius 2 is 1.87 bits per heavy atom. The van der Waals surface area contributed by atoms with Crippen LogP contribution in [-0.4, -0.2) is 60.6 Å². The molecule has 1 fully saturated rings. The molecule has 0 bridgehead atoms. The fourth-order valence-corrected chi connectivity index (χ4v) is 3.79. The second kappa shape index (κ2) is 7.71. The number of thiocarbonyl (C=S) groups is 1. The highest BCUT2D eigenvalue weighted by Gasteiger charge is 2.27. The third kappa shape index (κ3) is 4.16. The van der Waals surface area contributed by atoms with Crippen molar-refractivity contribution in [2.45, 2.75) is 32.8 Å². The van der Waals surface area contributed by atoms with Crippen LogP contribution in [0.4, 0.5) is 10.5 Å². The number of rotatable bonds is 2. The number of carbonyl (C=O) groups excluding carboxylic acids is 1. The predicted molar refractivity (Wildman–Crippen MR) is 120 cm³/mol. The molecule has 1 saturated heterocycles. The normalized spacial score (nSPS) is 15.5. The van der Waals surface area contributed by atoms with Gasteiger partial charge in [0.15, 0.2) is 0 Å². The monoisotopic (exact) mass is 426 g/mol. The Morgan fingerprint density at radius 1 is 1.07 bits per heavy atom. The maximum atomic E-state index is 12.5. The van der Waals surface area contributed by atoms with Crippen LogP contribution in [0.3, 0.4) is 0 Å². The Bertz CT molecular complexity index is 1100. The summed E-state index contributed by atoms with van der Waals surface area (Å²) in [6.45, 7) is 7.31. The summed E-state index contributed by atoms with van der Waals surface area (Å²) in [5.74, 6) is 0. The Kier molecular flexibility index (Phi) is 5.23. The van der Waals surface area contributed by atoms with Gasteiger partial charge in [-0.1, -0.05) is 18.3 Å². The second-order valence-electron chi connectivity index (χ2n) is 8.44. The number of ether oxygens (including phenoxy) is 1. The molecule has 0 atom stereocenters. The summed E-state index contributed by atoms with van der Waals surface area (Å²) in [6, 6.07) is 4.11. The quantitative estimate of drug-likeness (QED) is 0.584. The van der Waals surface area contributed by atoms with E-state index in [2.05, 4.69) is 21.2 Å². The van der Waals surface area contributed by atoms with Gasteiger partial charge in [0.1, 0.15) is 5.60 Å². The molecule has 1 amide bonds. The van der Waals surface area contributed by atoms with Crippen LogP contribution in [0.1, 0.15) is 27.2 Å². The zero-order chi connectivity index (χ0) is 21.5. The molecular formula is C21H26N6O2S. The molecule has 0 aromatic carbocycles. The molecule has 1 aliphatic heterocycles. The number of pyridine rings is 1. The van der Waals surface area contributed by atoms with E-state index in [1.54, 1.807) is 9.58 Å². The first-order valence-electron chi connectivity index (χ1n) is 9.96. The molecule has 158 valence electrons. The summed E-state index contributed by atoms with van der Waals surface area (Å²) >= 11 is 5.68. The molecule has 4 rings (SSSR count). The third-order valence-electron chi connectivity index (χ3n) is 4.97. The van der Waals surface area contributed by atoms with Crippen LogP contribution in [-0.2, 0) is 11.8 Å². The van der Waals surface area contributed by atoms with Crippen molar-refractivity contribution in [2.75, 3.05) is 24.5 Å². The van der Waals surface area contributed by atoms with Crippen LogP contribution < -0.4 is 4.90 Å². The van der Waals surface area contributed by atoms with E-state index in [-0.39, 0.29) is 6.09 Å². The highest BCUT2D eigenvalue weighted by molar-refractivity contribution is 7.80. The first-order valence-corrected chi connectivity index (χ1v) is 10.4. The fraction of sp³-hybridized carbons (Fsp3) is 0.429. The van der Waals surface area contributed by atoms with Crippen LogP contribution in [0, 0.1) is 0 Å². The van der Waals surface area contributed by atoms with E-state index in [4.69, 9.17) is 17.0 Å². The van der Waals surface area contributed by atoms with Gasteiger partial charge in [-0.25, -0.2) is 9.31 Å². The summed E-state index contributed by atoms with van der Waals surface area (Å²) in [5.41, 5.74) is 3.48. The van der Waals surface area contributed by atoms with Gasteiger partial charge >= 0.3 is 6.09 Å². The second-order valence-corrected chi connectivity index (χ2v) is 8.91. The summed E-state index contributed by atoms with van der Waals surface area (Å²) < 4.78 is 9.16. The number of carbonyl (C=O) groups is 1. The van der Waals surface area contributed by atoms with E-state index >= 15 is 0 Å². The molecule has 3 aromatic heterocycles. The summed E-state index contributed by atoms with van der Waals surface area (Å²) in [5, 5.41) is 8.77. The SMILES string of the molecule is Cn1cc(-c2ccc3c(N4CCN(C(=O)OC(C)(C)C)CCC4=S)cnn3c2)cn1. The van der Waals surface area contributed by atoms with Crippen molar-refractivity contribution < 1.29 is 9.53 Å². The minimum Gasteiger partial charge on any atom is -0.444 e. The zero-order valence-corrected chi connectivity index (χ0v) is 18.5. The highest BCUT2D eigenvalue weighted by atomic mass is 32.1. The van der Waals surface area contributed by atoms with Gasteiger partial charge in [0.05, 0.1) is 28.6 Å². The van der Waals surface area contributed by atoms with Gasteiger partial charge in [0.2, 0.25) is 0 Å². The van der Waals surface area contributed by atoms with Crippen LogP contribution in [0.15, 0.2) is 36.9 Å². The molecule has 0 N–H and O–H groups in total. The lowest BCUT2D eigenvalue weighted by atomic mass is 10.1. The first-order chi connectivity index (χ1) is 14.2. The van der Waals surface area contributed by atoms with Crippen molar-refractivity contribution in [1.82, 2.24) is 24.3 Å². The topological polar surface area (TPSA) is 67.9 Å². The van der Waals surface area contributed by atoms with Gasteiger partial charge in [-0.05, 0) is 26.8 Å². The molecule has 4 heterocycles. The van der Waals surface area contributed by atoms with Crippen molar-refractivity contribution in [3.8, 4) is 11.1 Å². The van der Waals surface area contributed by atoms with E-state index in [0.29, 0.717) is 26.1 Å². The Hall–Kier alpha value is -2.94. The molecule has 8 nitrogen and oxygen atoms in total. The number of aromatic nitrogens is 4. The number of aryl methyl sites for hydroxylation is 1. The number of hydrogen-bond acceptors (Lipinski definition) is 5. The molecule has 0 radical (unpaired) electrons. The van der Waals surface area contributed by atoms with Crippen molar-refractivity contribution in [3.05, 3.63) is 36.9 Å². The van der Waals surface area contributed by atoms with Crippen LogP contribution >= 0.6 is 12.2 Å². The van der Waals surface area contributed by atoms with Gasteiger partial charge in [-0.2, -0.15) is 10.2 Å². The Labute approximate surface area is 181 Å². The average Bonchev–Trinajstić information content (AvgIpc) is 3.23. The Morgan fingerprint density at radius 3 is 2.57 bits per heavy atom. The summed E-state index contributed by atoms with van der Waals surface area (Å²) in [4.78, 5) is 17.1. The zero-order valence-electron chi connectivity index (χ0n) is 17.7. The van der Waals surface area contributed by atoms with Crippen molar-refractivity contribution in [2.24, 2.45) is 7.05 Å². The summed E-state index contributed by atoms with van der Waals surface area (Å²) in [7, 11) is 1.90. The van der Waals surface area contributed by atoms with Crippen molar-refractivity contribution in [3.63, 3.8) is 0 Å². The Balaban J connectivity index is 1.56. The number of anilines is 1. The van der Waals surface area contributed by atoms with E-state index < -0.39 is 5.60 Å². The van der Waals surface area contributed by atoms with Gasteiger partial charge in [-0.3, -0.25) is 4.68 Å². The standard InChI is InChI=1S/C21H26N6O2S/c1-21(2,3)29-20(28)25-8-7-19(30)26(10-9-25)18-12-23-27-14-15(5-6-17(18)27)16-11-22-24(4)13-16/h5-6,11-14H,7-10H2,1-4H3. The number of nitrogens with zero attached hydrogens (tertiary/aromatic N) is 6. The van der Waals surface area contributed by atoms with Crippen molar-refractivity contribution >= 4 is 34.5 Å². The average molecular weight is 427 g/mol. The molecule has 0 spiro atoms. The lowest BCUT2D eigenvalue weighted by molar-refractivity contribution is 0.0265. The third-order valence-corrected chi connectivity index (χ3v) is 5.39. The molecule has 0 aliphatic carbocycles. The van der Waals surface area contributed by atoms with Gasteiger partial charge in [-0.15, -0.1) is 0 Å². The van der Waals surface area contributed by atoms with Crippen molar-refractivity contribution in [1.29, 1.82) is 0 Å².